The molecule has 0 atom stereocenters. The standard InChI is InChI=1S/C8H16B2N2O5S/c1-3-17-7(14)11-6(18)12(8(9,10)15)4-5(13)16-2/h15H,3-4,9-10H2,1-2H3,(H,11,14,18). The first-order valence-electron chi connectivity index (χ1n) is 5.27. The van der Waals surface area contributed by atoms with Crippen molar-refractivity contribution in [2.24, 2.45) is 0 Å². The van der Waals surface area contributed by atoms with Crippen molar-refractivity contribution in [1.82, 2.24) is 10.2 Å². The average molecular weight is 274 g/mol. The van der Waals surface area contributed by atoms with Crippen LogP contribution in [0, 0.1) is 0 Å². The van der Waals surface area contributed by atoms with Crippen LogP contribution in [-0.4, -0.2) is 68.7 Å². The predicted octanol–water partition coefficient (Wildman–Crippen LogP) is -2.64. The van der Waals surface area contributed by atoms with Gasteiger partial charge in [-0.3, -0.25) is 10.1 Å². The van der Waals surface area contributed by atoms with Crippen molar-refractivity contribution in [2.75, 3.05) is 20.3 Å². The molecular weight excluding hydrogens is 258 g/mol. The van der Waals surface area contributed by atoms with Gasteiger partial charge in [0.05, 0.1) is 19.2 Å². The summed E-state index contributed by atoms with van der Waals surface area (Å²) >= 11 is 4.93. The highest BCUT2D eigenvalue weighted by Gasteiger charge is 2.29. The number of nitrogens with one attached hydrogen (secondary N) is 1. The number of ether oxygens (including phenoxy) is 2. The number of aliphatic hydroxyl groups is 1. The molecule has 0 spiro atoms. The lowest BCUT2D eigenvalue weighted by molar-refractivity contribution is -0.142. The summed E-state index contributed by atoms with van der Waals surface area (Å²) in [6.07, 6.45) is -0.749. The van der Waals surface area contributed by atoms with Crippen molar-refractivity contribution in [2.45, 2.75) is 12.4 Å². The van der Waals surface area contributed by atoms with E-state index in [9.17, 15) is 14.7 Å². The molecule has 0 aromatic heterocycles. The minimum Gasteiger partial charge on any atom is -0.468 e. The van der Waals surface area contributed by atoms with E-state index in [1.807, 2.05) is 0 Å². The molecule has 0 unspecified atom stereocenters. The number of alkyl carbamates (subject to hydrolysis) is 1. The Hall–Kier alpha value is -1.28. The maximum atomic E-state index is 11.2. The molecule has 0 saturated carbocycles. The monoisotopic (exact) mass is 274 g/mol. The number of esters is 1. The van der Waals surface area contributed by atoms with Gasteiger partial charge in [-0.1, -0.05) is 0 Å². The maximum absolute atomic E-state index is 11.2. The van der Waals surface area contributed by atoms with Crippen molar-refractivity contribution in [3.8, 4) is 0 Å². The number of thiocarbonyl (C=S) groups is 1. The van der Waals surface area contributed by atoms with Crippen LogP contribution in [0.3, 0.4) is 0 Å². The molecule has 7 nitrogen and oxygen atoms in total. The molecule has 0 aromatic carbocycles. The Morgan fingerprint density at radius 3 is 2.44 bits per heavy atom. The Kier molecular flexibility index (Phi) is 6.71. The molecule has 0 saturated heterocycles. The lowest BCUT2D eigenvalue weighted by Crippen LogP contribution is -2.58. The molecule has 0 aromatic rings. The van der Waals surface area contributed by atoms with Crippen LogP contribution < -0.4 is 5.32 Å². The van der Waals surface area contributed by atoms with Crippen molar-refractivity contribution < 1.29 is 24.2 Å². The molecule has 2 N–H and O–H groups in total. The maximum Gasteiger partial charge on any atom is 0.413 e. The number of carbonyl (C=O) groups excluding carboxylic acids is 2. The Balaban J connectivity index is 4.71. The first kappa shape index (κ1) is 16.7. The molecule has 0 aliphatic heterocycles. The van der Waals surface area contributed by atoms with E-state index in [1.165, 1.54) is 22.8 Å². The molecule has 0 bridgehead atoms. The Bertz CT molecular complexity index is 334. The normalized spacial score (nSPS) is 10.4. The van der Waals surface area contributed by atoms with Gasteiger partial charge >= 0.3 is 12.1 Å². The van der Waals surface area contributed by atoms with Crippen LogP contribution in [0.15, 0.2) is 0 Å². The van der Waals surface area contributed by atoms with Gasteiger partial charge in [-0.2, -0.15) is 0 Å². The topological polar surface area (TPSA) is 88.1 Å². The van der Waals surface area contributed by atoms with E-state index in [1.54, 1.807) is 6.92 Å². The summed E-state index contributed by atoms with van der Waals surface area (Å²) in [4.78, 5) is 23.5. The van der Waals surface area contributed by atoms with Gasteiger partial charge in [-0.15, -0.1) is 0 Å². The van der Waals surface area contributed by atoms with Gasteiger partial charge in [0.15, 0.2) is 20.8 Å². The first-order valence-corrected chi connectivity index (χ1v) is 5.67. The fourth-order valence-electron chi connectivity index (χ4n) is 1.03. The number of rotatable bonds is 4. The van der Waals surface area contributed by atoms with E-state index in [0.29, 0.717) is 0 Å². The fraction of sp³-hybridized carbons (Fsp3) is 0.625. The van der Waals surface area contributed by atoms with E-state index < -0.39 is 17.6 Å². The lowest BCUT2D eigenvalue weighted by atomic mass is 9.72. The molecule has 10 heteroatoms. The molecule has 18 heavy (non-hydrogen) atoms. The second-order valence-electron chi connectivity index (χ2n) is 3.81. The molecule has 0 aliphatic carbocycles. The van der Waals surface area contributed by atoms with Crippen LogP contribution in [0.1, 0.15) is 6.92 Å². The van der Waals surface area contributed by atoms with E-state index in [4.69, 9.17) is 12.2 Å². The zero-order valence-corrected chi connectivity index (χ0v) is 11.7. The van der Waals surface area contributed by atoms with Crippen molar-refractivity contribution in [3.63, 3.8) is 0 Å². The van der Waals surface area contributed by atoms with E-state index in [-0.39, 0.29) is 18.3 Å². The van der Waals surface area contributed by atoms with Gasteiger partial charge < -0.3 is 19.5 Å². The quantitative estimate of drug-likeness (QED) is 0.251. The minimum atomic E-state index is -1.43. The average Bonchev–Trinajstić information content (AvgIpc) is 2.23. The highest BCUT2D eigenvalue weighted by Crippen LogP contribution is 2.04. The second-order valence-corrected chi connectivity index (χ2v) is 4.19. The summed E-state index contributed by atoms with van der Waals surface area (Å²) < 4.78 is 9.13. The molecule has 0 rings (SSSR count). The van der Waals surface area contributed by atoms with Crippen molar-refractivity contribution in [3.05, 3.63) is 0 Å². The van der Waals surface area contributed by atoms with Gasteiger partial charge in [0.25, 0.3) is 0 Å². The smallest absolute Gasteiger partial charge is 0.413 e. The zero-order chi connectivity index (χ0) is 14.3. The highest BCUT2D eigenvalue weighted by molar-refractivity contribution is 7.80. The summed E-state index contributed by atoms with van der Waals surface area (Å²) in [6.45, 7) is 1.55. The highest BCUT2D eigenvalue weighted by atomic mass is 32.1. The Morgan fingerprint density at radius 2 is 2.06 bits per heavy atom. The number of carbonyl (C=O) groups is 2. The van der Waals surface area contributed by atoms with Gasteiger partial charge in [0.1, 0.15) is 6.54 Å². The predicted molar refractivity (Wildman–Crippen MR) is 73.5 cm³/mol. The van der Waals surface area contributed by atoms with Crippen molar-refractivity contribution in [1.29, 1.82) is 0 Å². The number of amides is 1. The molecule has 0 radical (unpaired) electrons. The summed E-state index contributed by atoms with van der Waals surface area (Å²) in [6, 6.07) is 0. The van der Waals surface area contributed by atoms with E-state index in [0.717, 1.165) is 4.90 Å². The lowest BCUT2D eigenvalue weighted by Gasteiger charge is -2.35. The molecule has 100 valence electrons. The van der Waals surface area contributed by atoms with Crippen LogP contribution in [0.25, 0.3) is 0 Å². The molecule has 0 aliphatic rings. The van der Waals surface area contributed by atoms with Gasteiger partial charge in [-0.05, 0) is 19.1 Å². The molecule has 1 amide bonds. The third kappa shape index (κ3) is 5.87. The third-order valence-electron chi connectivity index (χ3n) is 1.91. The Morgan fingerprint density at radius 1 is 1.50 bits per heavy atom. The number of methoxy groups -OCH3 is 1. The minimum absolute atomic E-state index is 0.119. The van der Waals surface area contributed by atoms with Crippen LogP contribution in [0.2, 0.25) is 0 Å². The fourth-order valence-corrected chi connectivity index (χ4v) is 1.40. The zero-order valence-electron chi connectivity index (χ0n) is 10.8. The molecule has 0 heterocycles. The number of hydrogen-bond acceptors (Lipinski definition) is 6. The first-order chi connectivity index (χ1) is 8.22. The van der Waals surface area contributed by atoms with E-state index in [2.05, 4.69) is 14.8 Å². The van der Waals surface area contributed by atoms with E-state index >= 15 is 0 Å². The van der Waals surface area contributed by atoms with Gasteiger partial charge in [-0.25, -0.2) is 4.79 Å². The number of nitrogens with zero attached hydrogens (tertiary/aromatic N) is 1. The molecular formula is C8H16B2N2O5S. The second kappa shape index (κ2) is 7.22. The molecule has 0 fully saturated rings. The van der Waals surface area contributed by atoms with Gasteiger partial charge in [0.2, 0.25) is 0 Å². The number of hydrogen-bond donors (Lipinski definition) is 2. The summed E-state index contributed by atoms with van der Waals surface area (Å²) in [5.74, 6) is -0.592. The summed E-state index contributed by atoms with van der Waals surface area (Å²) in [7, 11) is 4.07. The van der Waals surface area contributed by atoms with Crippen LogP contribution in [-0.2, 0) is 14.3 Å². The summed E-state index contributed by atoms with van der Waals surface area (Å²) in [5.41, 5.74) is -1.43. The Labute approximate surface area is 113 Å². The van der Waals surface area contributed by atoms with Crippen LogP contribution >= 0.6 is 12.2 Å². The van der Waals surface area contributed by atoms with Crippen LogP contribution in [0.5, 0.6) is 0 Å². The van der Waals surface area contributed by atoms with Gasteiger partial charge in [0, 0.05) is 0 Å². The third-order valence-corrected chi connectivity index (χ3v) is 2.23. The SMILES string of the molecule is BC(B)(O)N(CC(=O)OC)C(=S)NC(=O)OCC. The largest absolute Gasteiger partial charge is 0.468 e. The summed E-state index contributed by atoms with van der Waals surface area (Å²) in [5, 5.41) is 12.0. The van der Waals surface area contributed by atoms with Crippen molar-refractivity contribution >= 4 is 45.1 Å². The van der Waals surface area contributed by atoms with Crippen LogP contribution in [0.4, 0.5) is 4.79 Å².